The summed E-state index contributed by atoms with van der Waals surface area (Å²) in [7, 11) is 4.44. The van der Waals surface area contributed by atoms with Gasteiger partial charge in [-0.3, -0.25) is 4.90 Å². The molecule has 2 aliphatic rings. The molecule has 4 heteroatoms. The van der Waals surface area contributed by atoms with E-state index in [4.69, 9.17) is 0 Å². The topological polar surface area (TPSA) is 9.72 Å². The number of likely N-dealkylation sites (tertiary alicyclic amines) is 2. The highest BCUT2D eigenvalue weighted by Gasteiger charge is 2.30. The van der Waals surface area contributed by atoms with Crippen molar-refractivity contribution >= 4 is 0 Å². The number of piperidine rings is 2. The number of hydrogen-bond donors (Lipinski definition) is 0. The molecule has 0 spiro atoms. The van der Waals surface area contributed by atoms with Crippen LogP contribution in [0, 0.1) is 5.82 Å². The van der Waals surface area contributed by atoms with Crippen LogP contribution >= 0.6 is 0 Å². The molecule has 3 rings (SSSR count). The van der Waals surface area contributed by atoms with Gasteiger partial charge in [-0.05, 0) is 83.7 Å². The monoisotopic (exact) mass is 319 g/mol. The molecule has 1 aromatic rings. The standard InChI is InChI=1S/C19H30FN3/c1-21-11-7-18(8-12-21)23(19-9-13-22(2)14-10-19)15-16-3-5-17(20)6-4-16/h3-6,18-19H,7-15H2,1-2H3. The van der Waals surface area contributed by atoms with Crippen LogP contribution in [0.25, 0.3) is 0 Å². The van der Waals surface area contributed by atoms with Crippen molar-refractivity contribution in [2.45, 2.75) is 44.3 Å². The summed E-state index contributed by atoms with van der Waals surface area (Å²) in [5, 5.41) is 0. The van der Waals surface area contributed by atoms with Crippen molar-refractivity contribution in [1.29, 1.82) is 0 Å². The molecule has 3 nitrogen and oxygen atoms in total. The average Bonchev–Trinajstić information content (AvgIpc) is 2.56. The molecule has 0 radical (unpaired) electrons. The molecule has 2 saturated heterocycles. The van der Waals surface area contributed by atoms with Crippen LogP contribution in [0.3, 0.4) is 0 Å². The molecule has 0 unspecified atom stereocenters. The van der Waals surface area contributed by atoms with E-state index in [9.17, 15) is 4.39 Å². The van der Waals surface area contributed by atoms with Gasteiger partial charge in [0, 0.05) is 18.6 Å². The van der Waals surface area contributed by atoms with Crippen molar-refractivity contribution in [1.82, 2.24) is 14.7 Å². The van der Waals surface area contributed by atoms with Gasteiger partial charge < -0.3 is 9.80 Å². The lowest BCUT2D eigenvalue weighted by Crippen LogP contribution is -2.51. The van der Waals surface area contributed by atoms with Gasteiger partial charge in [-0.1, -0.05) is 12.1 Å². The molecule has 0 amide bonds. The molecule has 0 atom stereocenters. The smallest absolute Gasteiger partial charge is 0.123 e. The predicted octanol–water partition coefficient (Wildman–Crippen LogP) is 2.82. The molecule has 128 valence electrons. The number of nitrogens with zero attached hydrogens (tertiary/aromatic N) is 3. The lowest BCUT2D eigenvalue weighted by Gasteiger charge is -2.44. The molecule has 2 fully saturated rings. The Morgan fingerprint density at radius 2 is 1.30 bits per heavy atom. The third kappa shape index (κ3) is 4.52. The van der Waals surface area contributed by atoms with Crippen LogP contribution in [0.15, 0.2) is 24.3 Å². The minimum Gasteiger partial charge on any atom is -0.306 e. The van der Waals surface area contributed by atoms with Gasteiger partial charge in [-0.25, -0.2) is 4.39 Å². The van der Waals surface area contributed by atoms with Crippen molar-refractivity contribution in [3.05, 3.63) is 35.6 Å². The molecule has 0 saturated carbocycles. The molecule has 2 aliphatic heterocycles. The second-order valence-electron chi connectivity index (χ2n) is 7.37. The molecule has 0 aromatic heterocycles. The Morgan fingerprint density at radius 3 is 1.74 bits per heavy atom. The summed E-state index contributed by atoms with van der Waals surface area (Å²) < 4.78 is 13.2. The fraction of sp³-hybridized carbons (Fsp3) is 0.684. The van der Waals surface area contributed by atoms with Crippen molar-refractivity contribution < 1.29 is 4.39 Å². The number of hydrogen-bond acceptors (Lipinski definition) is 3. The summed E-state index contributed by atoms with van der Waals surface area (Å²) in [6.45, 7) is 5.73. The van der Waals surface area contributed by atoms with Crippen LogP contribution in [0.1, 0.15) is 31.2 Å². The molecular formula is C19H30FN3. The lowest BCUT2D eigenvalue weighted by molar-refractivity contribution is 0.0436. The second-order valence-corrected chi connectivity index (χ2v) is 7.37. The molecule has 23 heavy (non-hydrogen) atoms. The van der Waals surface area contributed by atoms with E-state index in [1.54, 1.807) is 12.1 Å². The number of rotatable bonds is 4. The third-order valence-electron chi connectivity index (χ3n) is 5.59. The molecular weight excluding hydrogens is 289 g/mol. The maximum absolute atomic E-state index is 13.2. The summed E-state index contributed by atoms with van der Waals surface area (Å²) in [5.74, 6) is -0.140. The van der Waals surface area contributed by atoms with Crippen LogP contribution in [0.4, 0.5) is 4.39 Å². The van der Waals surface area contributed by atoms with Crippen molar-refractivity contribution in [3.8, 4) is 0 Å². The third-order valence-corrected chi connectivity index (χ3v) is 5.59. The molecule has 0 N–H and O–H groups in total. The minimum absolute atomic E-state index is 0.140. The van der Waals surface area contributed by atoms with E-state index >= 15 is 0 Å². The van der Waals surface area contributed by atoms with Gasteiger partial charge in [0.2, 0.25) is 0 Å². The summed E-state index contributed by atoms with van der Waals surface area (Å²) >= 11 is 0. The summed E-state index contributed by atoms with van der Waals surface area (Å²) in [6, 6.07) is 8.43. The molecule has 2 heterocycles. The SMILES string of the molecule is CN1CCC(N(Cc2ccc(F)cc2)C2CCN(C)CC2)CC1. The minimum atomic E-state index is -0.140. The first-order valence-corrected chi connectivity index (χ1v) is 8.99. The van der Waals surface area contributed by atoms with Crippen molar-refractivity contribution in [3.63, 3.8) is 0 Å². The first-order valence-electron chi connectivity index (χ1n) is 8.99. The zero-order valence-electron chi connectivity index (χ0n) is 14.5. The largest absolute Gasteiger partial charge is 0.306 e. The van der Waals surface area contributed by atoms with Crippen LogP contribution in [0.5, 0.6) is 0 Å². The first-order chi connectivity index (χ1) is 11.1. The Bertz CT molecular complexity index is 452. The maximum Gasteiger partial charge on any atom is 0.123 e. The quantitative estimate of drug-likeness (QED) is 0.845. The zero-order valence-corrected chi connectivity index (χ0v) is 14.5. The Hall–Kier alpha value is -0.970. The highest BCUT2D eigenvalue weighted by molar-refractivity contribution is 5.16. The van der Waals surface area contributed by atoms with Crippen LogP contribution < -0.4 is 0 Å². The van der Waals surface area contributed by atoms with Crippen LogP contribution in [0.2, 0.25) is 0 Å². The Kier molecular flexibility index (Phi) is 5.67. The van der Waals surface area contributed by atoms with Gasteiger partial charge in [-0.15, -0.1) is 0 Å². The fourth-order valence-electron chi connectivity index (χ4n) is 4.01. The van der Waals surface area contributed by atoms with Gasteiger partial charge >= 0.3 is 0 Å². The molecule has 0 aliphatic carbocycles. The number of benzene rings is 1. The highest BCUT2D eigenvalue weighted by Crippen LogP contribution is 2.26. The van der Waals surface area contributed by atoms with E-state index in [1.807, 2.05) is 12.1 Å². The van der Waals surface area contributed by atoms with Crippen molar-refractivity contribution in [2.75, 3.05) is 40.3 Å². The van der Waals surface area contributed by atoms with Crippen LogP contribution in [-0.2, 0) is 6.54 Å². The summed E-state index contributed by atoms with van der Waals surface area (Å²) in [5.41, 5.74) is 1.24. The summed E-state index contributed by atoms with van der Waals surface area (Å²) in [6.07, 6.45) is 5.02. The Labute approximate surface area is 140 Å². The average molecular weight is 319 g/mol. The number of halogens is 1. The van der Waals surface area contributed by atoms with Gasteiger partial charge in [-0.2, -0.15) is 0 Å². The lowest BCUT2D eigenvalue weighted by atomic mass is 9.96. The van der Waals surface area contributed by atoms with Gasteiger partial charge in [0.15, 0.2) is 0 Å². The normalized spacial score (nSPS) is 22.8. The Balaban J connectivity index is 1.71. The maximum atomic E-state index is 13.2. The van der Waals surface area contributed by atoms with E-state index in [0.29, 0.717) is 12.1 Å². The predicted molar refractivity (Wildman–Crippen MR) is 93.0 cm³/mol. The van der Waals surface area contributed by atoms with Crippen LogP contribution in [-0.4, -0.2) is 67.1 Å². The van der Waals surface area contributed by atoms with Gasteiger partial charge in [0.05, 0.1) is 0 Å². The first kappa shape index (κ1) is 16.9. The molecule has 0 bridgehead atoms. The zero-order chi connectivity index (χ0) is 16.2. The van der Waals surface area contributed by atoms with E-state index in [1.165, 1.54) is 57.4 Å². The highest BCUT2D eigenvalue weighted by atomic mass is 19.1. The van der Waals surface area contributed by atoms with Gasteiger partial charge in [0.25, 0.3) is 0 Å². The van der Waals surface area contributed by atoms with Crippen molar-refractivity contribution in [2.24, 2.45) is 0 Å². The van der Waals surface area contributed by atoms with Gasteiger partial charge in [0.1, 0.15) is 5.82 Å². The van der Waals surface area contributed by atoms with E-state index in [2.05, 4.69) is 28.8 Å². The van der Waals surface area contributed by atoms with E-state index < -0.39 is 0 Å². The summed E-state index contributed by atoms with van der Waals surface area (Å²) in [4.78, 5) is 7.59. The molecule has 1 aromatic carbocycles. The fourth-order valence-corrected chi connectivity index (χ4v) is 4.01. The van der Waals surface area contributed by atoms with E-state index in [0.717, 1.165) is 6.54 Å². The van der Waals surface area contributed by atoms with E-state index in [-0.39, 0.29) is 5.82 Å². The second kappa shape index (κ2) is 7.73. The Morgan fingerprint density at radius 1 is 0.870 bits per heavy atom.